The van der Waals surface area contributed by atoms with Gasteiger partial charge in [-0.2, -0.15) is 4.98 Å². The van der Waals surface area contributed by atoms with Crippen molar-refractivity contribution in [2.45, 2.75) is 32.0 Å². The highest BCUT2D eigenvalue weighted by molar-refractivity contribution is 5.87. The maximum absolute atomic E-state index is 10.8. The van der Waals surface area contributed by atoms with Gasteiger partial charge in [0.25, 0.3) is 0 Å². The van der Waals surface area contributed by atoms with E-state index in [1.807, 2.05) is 6.92 Å². The van der Waals surface area contributed by atoms with Crippen molar-refractivity contribution in [3.8, 4) is 0 Å². The summed E-state index contributed by atoms with van der Waals surface area (Å²) < 4.78 is 11.2. The van der Waals surface area contributed by atoms with Crippen LogP contribution in [0.15, 0.2) is 16.5 Å². The van der Waals surface area contributed by atoms with Gasteiger partial charge in [0.2, 0.25) is 5.89 Å². The van der Waals surface area contributed by atoms with Crippen LogP contribution in [0, 0.1) is 0 Å². The molecule has 3 rings (SSSR count). The smallest absolute Gasteiger partial charge is 0.354 e. The Kier molecular flexibility index (Phi) is 2.52. The molecule has 0 radical (unpaired) electrons. The van der Waals surface area contributed by atoms with Gasteiger partial charge in [-0.05, 0) is 31.9 Å². The standard InChI is InChI=1S/C12H12N2O4/c1-6-2-4-9(17-6)11-14-10-8(18-11)5-3-7(13-10)12(15)16/h3,5-6,9H,2,4H2,1H3,(H,15,16). The molecule has 1 fully saturated rings. The second-order valence-electron chi connectivity index (χ2n) is 4.39. The van der Waals surface area contributed by atoms with E-state index in [1.165, 1.54) is 6.07 Å². The van der Waals surface area contributed by atoms with Gasteiger partial charge in [-0.3, -0.25) is 0 Å². The van der Waals surface area contributed by atoms with Crippen LogP contribution in [0.2, 0.25) is 0 Å². The van der Waals surface area contributed by atoms with Crippen molar-refractivity contribution in [2.24, 2.45) is 0 Å². The molecule has 0 saturated carbocycles. The van der Waals surface area contributed by atoms with Gasteiger partial charge in [0.15, 0.2) is 16.9 Å². The molecular weight excluding hydrogens is 236 g/mol. The average molecular weight is 248 g/mol. The number of oxazole rings is 1. The molecule has 1 N–H and O–H groups in total. The van der Waals surface area contributed by atoms with Crippen LogP contribution in [0.25, 0.3) is 11.2 Å². The van der Waals surface area contributed by atoms with Crippen molar-refractivity contribution in [3.63, 3.8) is 0 Å². The van der Waals surface area contributed by atoms with E-state index in [9.17, 15) is 4.79 Å². The highest BCUT2D eigenvalue weighted by atomic mass is 16.5. The van der Waals surface area contributed by atoms with Crippen LogP contribution >= 0.6 is 0 Å². The number of aromatic nitrogens is 2. The number of fused-ring (bicyclic) bond motifs is 1. The van der Waals surface area contributed by atoms with Gasteiger partial charge in [0, 0.05) is 0 Å². The number of aromatic carboxylic acids is 1. The van der Waals surface area contributed by atoms with Gasteiger partial charge in [0.1, 0.15) is 6.10 Å². The fourth-order valence-corrected chi connectivity index (χ4v) is 2.08. The predicted octanol–water partition coefficient (Wildman–Crippen LogP) is 2.16. The fraction of sp³-hybridized carbons (Fsp3) is 0.417. The third-order valence-electron chi connectivity index (χ3n) is 3.00. The monoisotopic (exact) mass is 248 g/mol. The van der Waals surface area contributed by atoms with Crippen molar-refractivity contribution >= 4 is 17.2 Å². The Morgan fingerprint density at radius 3 is 2.89 bits per heavy atom. The zero-order valence-electron chi connectivity index (χ0n) is 9.79. The number of nitrogens with zero attached hydrogens (tertiary/aromatic N) is 2. The highest BCUT2D eigenvalue weighted by Crippen LogP contribution is 2.33. The summed E-state index contributed by atoms with van der Waals surface area (Å²) >= 11 is 0. The number of hydrogen-bond acceptors (Lipinski definition) is 5. The van der Waals surface area contributed by atoms with Crippen molar-refractivity contribution in [1.82, 2.24) is 9.97 Å². The van der Waals surface area contributed by atoms with E-state index in [0.29, 0.717) is 17.1 Å². The number of carboxylic acid groups (broad SMARTS) is 1. The van der Waals surface area contributed by atoms with Crippen LogP contribution in [-0.4, -0.2) is 27.1 Å². The zero-order chi connectivity index (χ0) is 12.7. The highest BCUT2D eigenvalue weighted by Gasteiger charge is 2.28. The molecule has 6 nitrogen and oxygen atoms in total. The molecule has 1 saturated heterocycles. The van der Waals surface area contributed by atoms with Crippen LogP contribution in [0.4, 0.5) is 0 Å². The van der Waals surface area contributed by atoms with Crippen LogP contribution < -0.4 is 0 Å². The van der Waals surface area contributed by atoms with E-state index in [1.54, 1.807) is 6.07 Å². The number of ether oxygens (including phenoxy) is 1. The molecule has 2 aromatic rings. The summed E-state index contributed by atoms with van der Waals surface area (Å²) in [5.74, 6) is -0.600. The molecule has 3 heterocycles. The second-order valence-corrected chi connectivity index (χ2v) is 4.39. The summed E-state index contributed by atoms with van der Waals surface area (Å²) in [4.78, 5) is 18.9. The Morgan fingerprint density at radius 1 is 1.39 bits per heavy atom. The lowest BCUT2D eigenvalue weighted by molar-refractivity contribution is 0.0401. The number of carbonyl (C=O) groups is 1. The molecule has 6 heteroatoms. The number of carboxylic acids is 1. The van der Waals surface area contributed by atoms with Crippen LogP contribution in [0.1, 0.15) is 42.2 Å². The molecule has 2 atom stereocenters. The fourth-order valence-electron chi connectivity index (χ4n) is 2.08. The van der Waals surface area contributed by atoms with E-state index in [-0.39, 0.29) is 17.9 Å². The van der Waals surface area contributed by atoms with Crippen LogP contribution in [0.3, 0.4) is 0 Å². The minimum Gasteiger partial charge on any atom is -0.477 e. The SMILES string of the molecule is CC1CCC(c2nc3nc(C(=O)O)ccc3o2)O1. The van der Waals surface area contributed by atoms with Crippen LogP contribution in [0.5, 0.6) is 0 Å². The average Bonchev–Trinajstić information content (AvgIpc) is 2.93. The molecule has 0 aromatic carbocycles. The summed E-state index contributed by atoms with van der Waals surface area (Å²) in [6.07, 6.45) is 1.88. The number of hydrogen-bond donors (Lipinski definition) is 1. The zero-order valence-corrected chi connectivity index (χ0v) is 9.79. The molecule has 18 heavy (non-hydrogen) atoms. The second kappa shape index (κ2) is 4.06. The third kappa shape index (κ3) is 1.84. The Labute approximate surface area is 103 Å². The maximum Gasteiger partial charge on any atom is 0.354 e. The summed E-state index contributed by atoms with van der Waals surface area (Å²) in [5.41, 5.74) is 0.759. The molecular formula is C12H12N2O4. The lowest BCUT2D eigenvalue weighted by Gasteiger charge is -2.05. The maximum atomic E-state index is 10.8. The minimum atomic E-state index is -1.08. The van der Waals surface area contributed by atoms with E-state index < -0.39 is 5.97 Å². The predicted molar refractivity (Wildman–Crippen MR) is 61.3 cm³/mol. The number of rotatable bonds is 2. The van der Waals surface area contributed by atoms with E-state index in [2.05, 4.69) is 9.97 Å². The molecule has 0 aliphatic carbocycles. The molecule has 2 unspecified atom stereocenters. The van der Waals surface area contributed by atoms with Crippen LogP contribution in [-0.2, 0) is 4.74 Å². The van der Waals surface area contributed by atoms with Crippen molar-refractivity contribution in [1.29, 1.82) is 0 Å². The van der Waals surface area contributed by atoms with Crippen molar-refractivity contribution in [3.05, 3.63) is 23.7 Å². The summed E-state index contributed by atoms with van der Waals surface area (Å²) in [6, 6.07) is 2.97. The Morgan fingerprint density at radius 2 is 2.22 bits per heavy atom. The topological polar surface area (TPSA) is 85.5 Å². The normalized spacial score (nSPS) is 23.6. The first-order chi connectivity index (χ1) is 8.63. The largest absolute Gasteiger partial charge is 0.477 e. The molecule has 1 aliphatic heterocycles. The molecule has 0 spiro atoms. The lowest BCUT2D eigenvalue weighted by Crippen LogP contribution is -2.01. The first-order valence-electron chi connectivity index (χ1n) is 5.80. The van der Waals surface area contributed by atoms with E-state index in [0.717, 1.165) is 12.8 Å². The molecule has 0 bridgehead atoms. The Hall–Kier alpha value is -1.95. The summed E-state index contributed by atoms with van der Waals surface area (Å²) in [7, 11) is 0. The first-order valence-corrected chi connectivity index (χ1v) is 5.80. The van der Waals surface area contributed by atoms with Crippen molar-refractivity contribution < 1.29 is 19.1 Å². The Balaban J connectivity index is 1.98. The Bertz CT molecular complexity index is 607. The molecule has 2 aromatic heterocycles. The first kappa shape index (κ1) is 11.2. The van der Waals surface area contributed by atoms with Gasteiger partial charge >= 0.3 is 5.97 Å². The van der Waals surface area contributed by atoms with E-state index in [4.69, 9.17) is 14.3 Å². The molecule has 1 aliphatic rings. The van der Waals surface area contributed by atoms with E-state index >= 15 is 0 Å². The summed E-state index contributed by atoms with van der Waals surface area (Å²) in [6.45, 7) is 2.00. The summed E-state index contributed by atoms with van der Waals surface area (Å²) in [5, 5.41) is 8.85. The lowest BCUT2D eigenvalue weighted by atomic mass is 10.2. The van der Waals surface area contributed by atoms with Gasteiger partial charge in [0.05, 0.1) is 6.10 Å². The van der Waals surface area contributed by atoms with Gasteiger partial charge < -0.3 is 14.3 Å². The molecule has 0 amide bonds. The molecule has 94 valence electrons. The van der Waals surface area contributed by atoms with Gasteiger partial charge in [-0.1, -0.05) is 0 Å². The quantitative estimate of drug-likeness (QED) is 0.876. The minimum absolute atomic E-state index is 0.0388. The van der Waals surface area contributed by atoms with Crippen molar-refractivity contribution in [2.75, 3.05) is 0 Å². The van der Waals surface area contributed by atoms with Gasteiger partial charge in [-0.25, -0.2) is 9.78 Å². The third-order valence-corrected chi connectivity index (χ3v) is 3.00. The number of pyridine rings is 1. The van der Waals surface area contributed by atoms with Gasteiger partial charge in [-0.15, -0.1) is 0 Å².